The van der Waals surface area contributed by atoms with E-state index in [0.29, 0.717) is 37.6 Å². The molecule has 3 aromatic heterocycles. The number of fused-ring (bicyclic) bond motifs is 1. The Labute approximate surface area is 214 Å². The number of ether oxygens (including phenoxy) is 1. The van der Waals surface area contributed by atoms with Crippen LogP contribution < -0.4 is 10.3 Å². The molecule has 190 valence electrons. The molecule has 0 radical (unpaired) electrons. The van der Waals surface area contributed by atoms with E-state index >= 15 is 0 Å². The molecule has 0 aliphatic heterocycles. The smallest absolute Gasteiger partial charge is 0.252 e. The molecule has 0 aliphatic rings. The fourth-order valence-electron chi connectivity index (χ4n) is 4.44. The Morgan fingerprint density at radius 1 is 1.05 bits per heavy atom. The summed E-state index contributed by atoms with van der Waals surface area (Å²) in [6.07, 6.45) is 2.48. The summed E-state index contributed by atoms with van der Waals surface area (Å²) >= 11 is 0. The summed E-state index contributed by atoms with van der Waals surface area (Å²) in [5, 5.41) is 13.3. The van der Waals surface area contributed by atoms with Crippen LogP contribution in [-0.2, 0) is 26.1 Å². The van der Waals surface area contributed by atoms with Crippen molar-refractivity contribution in [3.8, 4) is 5.75 Å². The molecule has 0 aliphatic carbocycles. The van der Waals surface area contributed by atoms with Crippen LogP contribution in [0.15, 0.2) is 76.1 Å². The number of rotatable bonds is 11. The third-order valence-corrected chi connectivity index (χ3v) is 6.41. The van der Waals surface area contributed by atoms with Crippen molar-refractivity contribution in [1.82, 2.24) is 30.1 Å². The van der Waals surface area contributed by atoms with Crippen molar-refractivity contribution in [3.63, 3.8) is 0 Å². The third kappa shape index (κ3) is 5.95. The van der Waals surface area contributed by atoms with Crippen LogP contribution in [0.5, 0.6) is 5.75 Å². The number of pyridine rings is 1. The van der Waals surface area contributed by atoms with Crippen molar-refractivity contribution in [3.05, 3.63) is 106 Å². The van der Waals surface area contributed by atoms with Crippen molar-refractivity contribution in [2.45, 2.75) is 39.9 Å². The summed E-state index contributed by atoms with van der Waals surface area (Å²) < 4.78 is 12.9. The SMILES string of the molecule is CCOc1ccc2[nH]c(=O)c(CN(CCc3ccccc3C)Cc3nnnn3Cc3ccco3)cc2c1. The second-order valence-electron chi connectivity index (χ2n) is 9.03. The minimum absolute atomic E-state index is 0.104. The summed E-state index contributed by atoms with van der Waals surface area (Å²) in [4.78, 5) is 18.2. The lowest BCUT2D eigenvalue weighted by Crippen LogP contribution is -2.30. The van der Waals surface area contributed by atoms with Crippen molar-refractivity contribution >= 4 is 10.9 Å². The Morgan fingerprint density at radius 3 is 2.76 bits per heavy atom. The molecule has 2 aromatic carbocycles. The maximum Gasteiger partial charge on any atom is 0.252 e. The lowest BCUT2D eigenvalue weighted by Gasteiger charge is -2.22. The zero-order valence-electron chi connectivity index (χ0n) is 21.1. The van der Waals surface area contributed by atoms with Gasteiger partial charge in [-0.25, -0.2) is 4.68 Å². The molecule has 0 saturated heterocycles. The first-order chi connectivity index (χ1) is 18.1. The molecule has 0 fully saturated rings. The standard InChI is InChI=1S/C28H30N6O3/c1-3-36-24-10-11-26-22(16-24)15-23(28(35)29-26)17-33(13-12-21-8-5-4-7-20(21)2)19-27-30-31-32-34(27)18-25-9-6-14-37-25/h4-11,14-16H,3,12-13,17-19H2,1-2H3,(H,29,35). The Kier molecular flexibility index (Phi) is 7.41. The highest BCUT2D eigenvalue weighted by molar-refractivity contribution is 5.80. The molecule has 5 rings (SSSR count). The molecule has 0 atom stereocenters. The lowest BCUT2D eigenvalue weighted by atomic mass is 10.1. The van der Waals surface area contributed by atoms with E-state index in [4.69, 9.17) is 9.15 Å². The first-order valence-electron chi connectivity index (χ1n) is 12.4. The fraction of sp³-hybridized carbons (Fsp3) is 0.286. The van der Waals surface area contributed by atoms with E-state index in [-0.39, 0.29) is 5.56 Å². The number of hydrogen-bond donors (Lipinski definition) is 1. The van der Waals surface area contributed by atoms with Crippen molar-refractivity contribution in [1.29, 1.82) is 0 Å². The third-order valence-electron chi connectivity index (χ3n) is 6.41. The van der Waals surface area contributed by atoms with Crippen LogP contribution >= 0.6 is 0 Å². The van der Waals surface area contributed by atoms with Gasteiger partial charge in [0.25, 0.3) is 5.56 Å². The fourth-order valence-corrected chi connectivity index (χ4v) is 4.44. The normalized spacial score (nSPS) is 11.4. The summed E-state index contributed by atoms with van der Waals surface area (Å²) in [6.45, 7) is 6.76. The zero-order chi connectivity index (χ0) is 25.6. The Hall–Kier alpha value is -4.24. The molecule has 9 heteroatoms. The predicted octanol–water partition coefficient (Wildman–Crippen LogP) is 4.11. The zero-order valence-corrected chi connectivity index (χ0v) is 21.1. The van der Waals surface area contributed by atoms with Gasteiger partial charge in [-0.15, -0.1) is 5.10 Å². The Bertz CT molecular complexity index is 1520. The average Bonchev–Trinajstić information content (AvgIpc) is 3.57. The molecule has 0 spiro atoms. The van der Waals surface area contributed by atoms with E-state index in [1.807, 2.05) is 49.4 Å². The van der Waals surface area contributed by atoms with E-state index in [1.165, 1.54) is 11.1 Å². The van der Waals surface area contributed by atoms with Gasteiger partial charge in [-0.05, 0) is 78.2 Å². The van der Waals surface area contributed by atoms with Crippen molar-refractivity contribution in [2.24, 2.45) is 0 Å². The molecule has 9 nitrogen and oxygen atoms in total. The Morgan fingerprint density at radius 2 is 1.95 bits per heavy atom. The van der Waals surface area contributed by atoms with Gasteiger partial charge in [-0.3, -0.25) is 9.69 Å². The first-order valence-corrected chi connectivity index (χ1v) is 12.4. The number of furan rings is 1. The van der Waals surface area contributed by atoms with Gasteiger partial charge in [-0.1, -0.05) is 24.3 Å². The number of benzene rings is 2. The molecule has 3 heterocycles. The quantitative estimate of drug-likeness (QED) is 0.292. The minimum atomic E-state index is -0.104. The molecule has 5 aromatic rings. The molecular formula is C28H30N6O3. The number of aryl methyl sites for hydroxylation is 1. The van der Waals surface area contributed by atoms with Gasteiger partial charge in [0.2, 0.25) is 0 Å². The van der Waals surface area contributed by atoms with Gasteiger partial charge in [0.15, 0.2) is 5.82 Å². The molecule has 0 saturated carbocycles. The van der Waals surface area contributed by atoms with Crippen LogP contribution in [0, 0.1) is 6.92 Å². The van der Waals surface area contributed by atoms with E-state index in [0.717, 1.165) is 35.4 Å². The van der Waals surface area contributed by atoms with Crippen LogP contribution in [0.25, 0.3) is 10.9 Å². The van der Waals surface area contributed by atoms with Crippen LogP contribution in [-0.4, -0.2) is 43.2 Å². The number of nitrogens with zero attached hydrogens (tertiary/aromatic N) is 5. The molecule has 37 heavy (non-hydrogen) atoms. The van der Waals surface area contributed by atoms with Crippen LogP contribution in [0.1, 0.15) is 35.2 Å². The topological polar surface area (TPSA) is 102 Å². The maximum absolute atomic E-state index is 13.0. The largest absolute Gasteiger partial charge is 0.494 e. The van der Waals surface area contributed by atoms with Crippen molar-refractivity contribution < 1.29 is 9.15 Å². The van der Waals surface area contributed by atoms with Crippen LogP contribution in [0.4, 0.5) is 0 Å². The number of aromatic amines is 1. The average molecular weight is 499 g/mol. The second kappa shape index (κ2) is 11.2. The first kappa shape index (κ1) is 24.5. The van der Waals surface area contributed by atoms with Gasteiger partial charge in [-0.2, -0.15) is 0 Å². The second-order valence-corrected chi connectivity index (χ2v) is 9.03. The highest BCUT2D eigenvalue weighted by Crippen LogP contribution is 2.20. The summed E-state index contributed by atoms with van der Waals surface area (Å²) in [5.41, 5.74) is 3.88. The summed E-state index contributed by atoms with van der Waals surface area (Å²) in [7, 11) is 0. The van der Waals surface area contributed by atoms with Crippen LogP contribution in [0.2, 0.25) is 0 Å². The monoisotopic (exact) mass is 498 g/mol. The number of H-pyrrole nitrogens is 1. The highest BCUT2D eigenvalue weighted by Gasteiger charge is 2.16. The van der Waals surface area contributed by atoms with E-state index < -0.39 is 0 Å². The van der Waals surface area contributed by atoms with Gasteiger partial charge in [0, 0.05) is 29.6 Å². The maximum atomic E-state index is 13.0. The number of hydrogen-bond acceptors (Lipinski definition) is 7. The van der Waals surface area contributed by atoms with Gasteiger partial charge >= 0.3 is 0 Å². The summed E-state index contributed by atoms with van der Waals surface area (Å²) in [5.74, 6) is 2.26. The minimum Gasteiger partial charge on any atom is -0.494 e. The Balaban J connectivity index is 1.42. The lowest BCUT2D eigenvalue weighted by molar-refractivity contribution is 0.247. The number of tetrazole rings is 1. The molecule has 0 amide bonds. The number of aromatic nitrogens is 5. The van der Waals surface area contributed by atoms with Crippen LogP contribution in [0.3, 0.4) is 0 Å². The van der Waals surface area contributed by atoms with Gasteiger partial charge in [0.05, 0.1) is 19.4 Å². The van der Waals surface area contributed by atoms with Gasteiger partial charge in [0.1, 0.15) is 18.1 Å². The van der Waals surface area contributed by atoms with Gasteiger partial charge < -0.3 is 14.1 Å². The molecule has 1 N–H and O–H groups in total. The van der Waals surface area contributed by atoms with Crippen molar-refractivity contribution in [2.75, 3.05) is 13.2 Å². The summed E-state index contributed by atoms with van der Waals surface area (Å²) in [6, 6.07) is 19.8. The van der Waals surface area contributed by atoms with E-state index in [9.17, 15) is 4.79 Å². The highest BCUT2D eigenvalue weighted by atomic mass is 16.5. The van der Waals surface area contributed by atoms with E-state index in [2.05, 4.69) is 50.5 Å². The predicted molar refractivity (Wildman–Crippen MR) is 140 cm³/mol. The van der Waals surface area contributed by atoms with E-state index in [1.54, 1.807) is 10.9 Å². The molecule has 0 bridgehead atoms. The number of nitrogens with one attached hydrogen (secondary N) is 1. The molecule has 0 unspecified atom stereocenters. The molecular weight excluding hydrogens is 468 g/mol.